The maximum Gasteiger partial charge on any atom is 0.435 e. The number of hydrogen-bond acceptors (Lipinski definition) is 3. The summed E-state index contributed by atoms with van der Waals surface area (Å²) in [6, 6.07) is 4.95. The first kappa shape index (κ1) is 20.6. The molecule has 156 valence electrons. The predicted molar refractivity (Wildman–Crippen MR) is 103 cm³/mol. The number of benzene rings is 1. The molecule has 1 N–H and O–H groups in total. The largest absolute Gasteiger partial charge is 0.435 e. The molecule has 0 saturated heterocycles. The Hall–Kier alpha value is -2.65. The van der Waals surface area contributed by atoms with Gasteiger partial charge in [0.25, 0.3) is 5.91 Å². The van der Waals surface area contributed by atoms with E-state index in [9.17, 15) is 18.0 Å². The van der Waals surface area contributed by atoms with Crippen molar-refractivity contribution in [2.45, 2.75) is 24.9 Å². The Morgan fingerprint density at radius 1 is 1.17 bits per heavy atom. The highest BCUT2D eigenvalue weighted by atomic mass is 35.5. The maximum atomic E-state index is 15.1. The Morgan fingerprint density at radius 3 is 2.43 bits per heavy atom. The average molecular weight is 459 g/mol. The molecule has 1 amide bonds. The standard InChI is InChI=1S/C19H12Cl2F4N4O/c20-11-7-12(27-18(30)10-3-5-26-6-4-10)15(21)16(22)17(11)29-13(9-1-2-9)8-14(28-29)19(23,24)25/h3-9H,1-2H2,(H,27,30). The van der Waals surface area contributed by atoms with Crippen molar-refractivity contribution in [1.82, 2.24) is 14.8 Å². The molecule has 11 heteroatoms. The van der Waals surface area contributed by atoms with E-state index in [1.165, 1.54) is 30.6 Å². The van der Waals surface area contributed by atoms with E-state index in [4.69, 9.17) is 23.2 Å². The number of aromatic nitrogens is 3. The van der Waals surface area contributed by atoms with Crippen LogP contribution in [0.1, 0.15) is 40.5 Å². The van der Waals surface area contributed by atoms with Gasteiger partial charge in [-0.3, -0.25) is 9.78 Å². The van der Waals surface area contributed by atoms with Crippen LogP contribution in [0.3, 0.4) is 0 Å². The lowest BCUT2D eigenvalue weighted by atomic mass is 10.2. The predicted octanol–water partition coefficient (Wildman–Crippen LogP) is 5.86. The van der Waals surface area contributed by atoms with Crippen LogP contribution < -0.4 is 5.32 Å². The van der Waals surface area contributed by atoms with Crippen molar-refractivity contribution in [3.8, 4) is 5.69 Å². The maximum absolute atomic E-state index is 15.1. The van der Waals surface area contributed by atoms with Crippen LogP contribution in [0.15, 0.2) is 36.7 Å². The van der Waals surface area contributed by atoms with Gasteiger partial charge < -0.3 is 5.32 Å². The molecule has 0 aliphatic heterocycles. The van der Waals surface area contributed by atoms with Crippen LogP contribution in [-0.2, 0) is 6.18 Å². The Morgan fingerprint density at radius 2 is 1.83 bits per heavy atom. The highest BCUT2D eigenvalue weighted by Crippen LogP contribution is 2.45. The summed E-state index contributed by atoms with van der Waals surface area (Å²) in [4.78, 5) is 16.1. The van der Waals surface area contributed by atoms with Gasteiger partial charge in [0, 0.05) is 29.6 Å². The van der Waals surface area contributed by atoms with Gasteiger partial charge >= 0.3 is 6.18 Å². The molecular weight excluding hydrogens is 447 g/mol. The van der Waals surface area contributed by atoms with Gasteiger partial charge in [0.1, 0.15) is 10.7 Å². The number of amides is 1. The van der Waals surface area contributed by atoms with E-state index in [-0.39, 0.29) is 27.9 Å². The van der Waals surface area contributed by atoms with Crippen molar-refractivity contribution < 1.29 is 22.4 Å². The van der Waals surface area contributed by atoms with Gasteiger partial charge in [0.15, 0.2) is 11.5 Å². The van der Waals surface area contributed by atoms with Crippen LogP contribution in [-0.4, -0.2) is 20.7 Å². The first-order valence-electron chi connectivity index (χ1n) is 8.73. The Balaban J connectivity index is 1.76. The molecule has 0 unspecified atom stereocenters. The zero-order chi connectivity index (χ0) is 21.6. The second-order valence-electron chi connectivity index (χ2n) is 6.71. The molecule has 0 bridgehead atoms. The lowest BCUT2D eigenvalue weighted by Crippen LogP contribution is -2.14. The number of carbonyl (C=O) groups is 1. The lowest BCUT2D eigenvalue weighted by Gasteiger charge is -2.15. The van der Waals surface area contributed by atoms with Crippen LogP contribution in [0.2, 0.25) is 10.0 Å². The van der Waals surface area contributed by atoms with Crippen molar-refractivity contribution in [3.63, 3.8) is 0 Å². The molecule has 30 heavy (non-hydrogen) atoms. The number of pyridine rings is 1. The zero-order valence-corrected chi connectivity index (χ0v) is 16.5. The highest BCUT2D eigenvalue weighted by Gasteiger charge is 2.39. The number of alkyl halides is 3. The minimum atomic E-state index is -4.69. The summed E-state index contributed by atoms with van der Waals surface area (Å²) in [6.45, 7) is 0. The van der Waals surface area contributed by atoms with E-state index in [1.807, 2.05) is 0 Å². The van der Waals surface area contributed by atoms with E-state index < -0.39 is 34.3 Å². The fourth-order valence-corrected chi connectivity index (χ4v) is 3.41. The van der Waals surface area contributed by atoms with Gasteiger partial charge in [-0.15, -0.1) is 0 Å². The van der Waals surface area contributed by atoms with Crippen LogP contribution >= 0.6 is 23.2 Å². The Bertz CT molecular complexity index is 1130. The summed E-state index contributed by atoms with van der Waals surface area (Å²) in [5.74, 6) is -1.85. The molecule has 1 fully saturated rings. The molecule has 1 saturated carbocycles. The van der Waals surface area contributed by atoms with E-state index in [0.29, 0.717) is 12.8 Å². The highest BCUT2D eigenvalue weighted by molar-refractivity contribution is 6.37. The van der Waals surface area contributed by atoms with Gasteiger partial charge in [0.2, 0.25) is 0 Å². The molecule has 0 radical (unpaired) electrons. The second kappa shape index (κ2) is 7.55. The van der Waals surface area contributed by atoms with Crippen LogP contribution in [0, 0.1) is 5.82 Å². The molecule has 0 spiro atoms. The molecule has 2 heterocycles. The van der Waals surface area contributed by atoms with Gasteiger partial charge in [-0.05, 0) is 37.1 Å². The Kier molecular flexibility index (Phi) is 5.19. The number of anilines is 1. The molecule has 0 atom stereocenters. The quantitative estimate of drug-likeness (QED) is 0.393. The fourth-order valence-electron chi connectivity index (χ4n) is 2.95. The van der Waals surface area contributed by atoms with Crippen LogP contribution in [0.25, 0.3) is 5.69 Å². The number of halogens is 6. The molecule has 5 nitrogen and oxygen atoms in total. The fraction of sp³-hybridized carbons (Fsp3) is 0.211. The first-order chi connectivity index (χ1) is 14.2. The smallest absolute Gasteiger partial charge is 0.320 e. The molecule has 1 aliphatic rings. The molecule has 1 aromatic carbocycles. The van der Waals surface area contributed by atoms with E-state index in [2.05, 4.69) is 15.4 Å². The summed E-state index contributed by atoms with van der Waals surface area (Å²) in [5.41, 5.74) is -1.22. The average Bonchev–Trinajstić information content (AvgIpc) is 3.45. The van der Waals surface area contributed by atoms with Crippen molar-refractivity contribution in [1.29, 1.82) is 0 Å². The summed E-state index contributed by atoms with van der Waals surface area (Å²) in [6.07, 6.45) is -0.558. The summed E-state index contributed by atoms with van der Waals surface area (Å²) in [5, 5.41) is 5.21. The molecular formula is C19H12Cl2F4N4O. The lowest BCUT2D eigenvalue weighted by molar-refractivity contribution is -0.141. The minimum absolute atomic E-state index is 0.124. The van der Waals surface area contributed by atoms with Gasteiger partial charge in [0.05, 0.1) is 10.7 Å². The van der Waals surface area contributed by atoms with Crippen LogP contribution in [0.5, 0.6) is 0 Å². The molecule has 4 rings (SSSR count). The third-order valence-electron chi connectivity index (χ3n) is 4.56. The topological polar surface area (TPSA) is 59.8 Å². The number of carbonyl (C=O) groups excluding carboxylic acids is 1. The number of nitrogens with one attached hydrogen (secondary N) is 1. The van der Waals surface area contributed by atoms with Crippen LogP contribution in [0.4, 0.5) is 23.2 Å². The summed E-state index contributed by atoms with van der Waals surface area (Å²) < 4.78 is 55.4. The first-order valence-corrected chi connectivity index (χ1v) is 9.49. The normalized spacial score (nSPS) is 14.1. The van der Waals surface area contributed by atoms with Crippen molar-refractivity contribution in [2.75, 3.05) is 5.32 Å². The monoisotopic (exact) mass is 458 g/mol. The Labute approximate surface area is 177 Å². The van der Waals surface area contributed by atoms with Crippen molar-refractivity contribution in [3.05, 3.63) is 69.5 Å². The van der Waals surface area contributed by atoms with E-state index >= 15 is 4.39 Å². The molecule has 3 aromatic rings. The second-order valence-corrected chi connectivity index (χ2v) is 7.50. The third-order valence-corrected chi connectivity index (χ3v) is 5.22. The summed E-state index contributed by atoms with van der Waals surface area (Å²) >= 11 is 12.3. The SMILES string of the molecule is O=C(Nc1cc(Cl)c(-n2nc(C(F)(F)F)cc2C2CC2)c(F)c1Cl)c1ccncc1. The van der Waals surface area contributed by atoms with Gasteiger partial charge in [-0.2, -0.15) is 18.3 Å². The van der Waals surface area contributed by atoms with E-state index in [0.717, 1.165) is 10.7 Å². The molecule has 1 aliphatic carbocycles. The molecule has 2 aromatic heterocycles. The van der Waals surface area contributed by atoms with Gasteiger partial charge in [-0.25, -0.2) is 9.07 Å². The van der Waals surface area contributed by atoms with Gasteiger partial charge in [-0.1, -0.05) is 23.2 Å². The van der Waals surface area contributed by atoms with E-state index in [1.54, 1.807) is 0 Å². The summed E-state index contributed by atoms with van der Waals surface area (Å²) in [7, 11) is 0. The van der Waals surface area contributed by atoms with Crippen molar-refractivity contribution >= 4 is 34.8 Å². The third kappa shape index (κ3) is 3.87. The zero-order valence-electron chi connectivity index (χ0n) is 15.0. The number of rotatable bonds is 4. The number of nitrogens with zero attached hydrogens (tertiary/aromatic N) is 3. The number of hydrogen-bond donors (Lipinski definition) is 1. The van der Waals surface area contributed by atoms with Crippen molar-refractivity contribution in [2.24, 2.45) is 0 Å². The minimum Gasteiger partial charge on any atom is -0.320 e.